The first-order valence-corrected chi connectivity index (χ1v) is 7.34. The predicted molar refractivity (Wildman–Crippen MR) is 86.8 cm³/mol. The van der Waals surface area contributed by atoms with Crippen molar-refractivity contribution in [3.63, 3.8) is 0 Å². The van der Waals surface area contributed by atoms with E-state index >= 15 is 0 Å². The highest BCUT2D eigenvalue weighted by atomic mass is 19.4. The first kappa shape index (κ1) is 18.4. The van der Waals surface area contributed by atoms with Crippen LogP contribution >= 0.6 is 0 Å². The molecule has 5 nitrogen and oxygen atoms in total. The zero-order valence-electron chi connectivity index (χ0n) is 13.4. The first-order chi connectivity index (χ1) is 11.9. The summed E-state index contributed by atoms with van der Waals surface area (Å²) in [4.78, 5) is 11.9. The fraction of sp³-hybridized carbons (Fsp3) is 0.235. The SMILES string of the molecule is COc1ccccc1NC(=O)NCc1ccc(OCC(F)(F)F)cc1. The smallest absolute Gasteiger partial charge is 0.422 e. The van der Waals surface area contributed by atoms with Gasteiger partial charge >= 0.3 is 12.2 Å². The summed E-state index contributed by atoms with van der Waals surface area (Å²) in [7, 11) is 1.50. The number of alkyl halides is 3. The van der Waals surface area contributed by atoms with Gasteiger partial charge in [0, 0.05) is 6.54 Å². The van der Waals surface area contributed by atoms with E-state index in [2.05, 4.69) is 15.4 Å². The van der Waals surface area contributed by atoms with Crippen molar-refractivity contribution in [3.05, 3.63) is 54.1 Å². The Bertz CT molecular complexity index is 703. The molecular weight excluding hydrogens is 337 g/mol. The Morgan fingerprint density at radius 3 is 2.40 bits per heavy atom. The molecule has 25 heavy (non-hydrogen) atoms. The van der Waals surface area contributed by atoms with Crippen LogP contribution in [0.3, 0.4) is 0 Å². The molecule has 0 unspecified atom stereocenters. The minimum Gasteiger partial charge on any atom is -0.495 e. The van der Waals surface area contributed by atoms with E-state index in [0.717, 1.165) is 5.56 Å². The maximum atomic E-state index is 12.1. The van der Waals surface area contributed by atoms with Gasteiger partial charge < -0.3 is 20.1 Å². The molecule has 2 N–H and O–H groups in total. The lowest BCUT2D eigenvalue weighted by atomic mass is 10.2. The number of halogens is 3. The van der Waals surface area contributed by atoms with Gasteiger partial charge in [0.25, 0.3) is 0 Å². The van der Waals surface area contributed by atoms with E-state index in [1.807, 2.05) is 0 Å². The van der Waals surface area contributed by atoms with Gasteiger partial charge in [-0.2, -0.15) is 13.2 Å². The summed E-state index contributed by atoms with van der Waals surface area (Å²) in [5.74, 6) is 0.642. The van der Waals surface area contributed by atoms with E-state index in [9.17, 15) is 18.0 Å². The Kier molecular flexibility index (Phi) is 6.10. The summed E-state index contributed by atoms with van der Waals surface area (Å²) in [6, 6.07) is 12.5. The number of para-hydroxylation sites is 2. The van der Waals surface area contributed by atoms with Gasteiger partial charge in [-0.1, -0.05) is 24.3 Å². The fourth-order valence-electron chi connectivity index (χ4n) is 1.97. The Balaban J connectivity index is 1.83. The van der Waals surface area contributed by atoms with Gasteiger partial charge in [0.2, 0.25) is 0 Å². The van der Waals surface area contributed by atoms with Gasteiger partial charge in [-0.15, -0.1) is 0 Å². The molecule has 0 aliphatic carbocycles. The lowest BCUT2D eigenvalue weighted by Crippen LogP contribution is -2.28. The molecule has 0 saturated heterocycles. The van der Waals surface area contributed by atoms with Gasteiger partial charge in [0.15, 0.2) is 6.61 Å². The fourth-order valence-corrected chi connectivity index (χ4v) is 1.97. The number of amides is 2. The summed E-state index contributed by atoms with van der Waals surface area (Å²) in [6.07, 6.45) is -4.38. The second kappa shape index (κ2) is 8.27. The Labute approximate surface area is 142 Å². The molecule has 2 rings (SSSR count). The summed E-state index contributed by atoms with van der Waals surface area (Å²) in [5.41, 5.74) is 1.24. The molecule has 0 heterocycles. The molecule has 0 aliphatic rings. The van der Waals surface area contributed by atoms with Crippen molar-refractivity contribution in [2.75, 3.05) is 19.0 Å². The van der Waals surface area contributed by atoms with E-state index in [4.69, 9.17) is 4.74 Å². The van der Waals surface area contributed by atoms with Crippen molar-refractivity contribution in [1.82, 2.24) is 5.32 Å². The molecule has 0 aromatic heterocycles. The van der Waals surface area contributed by atoms with E-state index in [1.165, 1.54) is 19.2 Å². The lowest BCUT2D eigenvalue weighted by molar-refractivity contribution is -0.153. The Hall–Kier alpha value is -2.90. The van der Waals surface area contributed by atoms with Crippen LogP contribution in [-0.4, -0.2) is 25.9 Å². The van der Waals surface area contributed by atoms with Crippen LogP contribution in [0.1, 0.15) is 5.56 Å². The highest BCUT2D eigenvalue weighted by Crippen LogP contribution is 2.23. The maximum absolute atomic E-state index is 12.1. The zero-order chi connectivity index (χ0) is 18.3. The molecule has 0 atom stereocenters. The maximum Gasteiger partial charge on any atom is 0.422 e. The van der Waals surface area contributed by atoms with E-state index in [1.54, 1.807) is 36.4 Å². The van der Waals surface area contributed by atoms with Crippen LogP contribution in [0.5, 0.6) is 11.5 Å². The second-order valence-electron chi connectivity index (χ2n) is 5.06. The number of benzene rings is 2. The number of urea groups is 1. The van der Waals surface area contributed by atoms with E-state index in [0.29, 0.717) is 11.4 Å². The summed E-state index contributed by atoms with van der Waals surface area (Å²) in [6.45, 7) is -1.13. The number of hydrogen-bond donors (Lipinski definition) is 2. The third-order valence-electron chi connectivity index (χ3n) is 3.13. The number of ether oxygens (including phenoxy) is 2. The largest absolute Gasteiger partial charge is 0.495 e. The lowest BCUT2D eigenvalue weighted by Gasteiger charge is -2.12. The molecule has 0 saturated carbocycles. The van der Waals surface area contributed by atoms with Crippen LogP contribution in [0.25, 0.3) is 0 Å². The average molecular weight is 354 g/mol. The number of hydrogen-bond acceptors (Lipinski definition) is 3. The van der Waals surface area contributed by atoms with Crippen LogP contribution in [-0.2, 0) is 6.54 Å². The highest BCUT2D eigenvalue weighted by molar-refractivity contribution is 5.90. The zero-order valence-corrected chi connectivity index (χ0v) is 13.4. The molecular formula is C17H17F3N2O3. The minimum atomic E-state index is -4.38. The van der Waals surface area contributed by atoms with Gasteiger partial charge in [-0.25, -0.2) is 4.79 Å². The summed E-state index contributed by atoms with van der Waals surface area (Å²) < 4.78 is 46.0. The molecule has 0 spiro atoms. The van der Waals surface area contributed by atoms with Crippen molar-refractivity contribution in [1.29, 1.82) is 0 Å². The normalized spacial score (nSPS) is 10.9. The molecule has 0 bridgehead atoms. The monoisotopic (exact) mass is 354 g/mol. The van der Waals surface area contributed by atoms with Gasteiger partial charge in [0.1, 0.15) is 11.5 Å². The quantitative estimate of drug-likeness (QED) is 0.826. The van der Waals surface area contributed by atoms with Crippen molar-refractivity contribution in [2.45, 2.75) is 12.7 Å². The number of carbonyl (C=O) groups is 1. The number of anilines is 1. The van der Waals surface area contributed by atoms with Crippen molar-refractivity contribution in [3.8, 4) is 11.5 Å². The first-order valence-electron chi connectivity index (χ1n) is 7.34. The molecule has 2 amide bonds. The Morgan fingerprint density at radius 1 is 1.08 bits per heavy atom. The third-order valence-corrected chi connectivity index (χ3v) is 3.13. The molecule has 0 radical (unpaired) electrons. The summed E-state index contributed by atoms with van der Waals surface area (Å²) >= 11 is 0. The van der Waals surface area contributed by atoms with Crippen molar-refractivity contribution >= 4 is 11.7 Å². The molecule has 2 aromatic rings. The van der Waals surface area contributed by atoms with Crippen molar-refractivity contribution < 1.29 is 27.4 Å². The van der Waals surface area contributed by atoms with E-state index < -0.39 is 18.8 Å². The molecule has 134 valence electrons. The van der Waals surface area contributed by atoms with E-state index in [-0.39, 0.29) is 12.3 Å². The second-order valence-corrected chi connectivity index (χ2v) is 5.06. The number of methoxy groups -OCH3 is 1. The standard InChI is InChI=1S/C17H17F3N2O3/c1-24-15-5-3-2-4-14(15)22-16(23)21-10-12-6-8-13(9-7-12)25-11-17(18,19)20/h2-9H,10-11H2,1H3,(H2,21,22,23). The molecule has 2 aromatic carbocycles. The number of carbonyl (C=O) groups excluding carboxylic acids is 1. The van der Waals surface area contributed by atoms with Gasteiger partial charge in [-0.3, -0.25) is 0 Å². The van der Waals surface area contributed by atoms with Gasteiger partial charge in [-0.05, 0) is 29.8 Å². The third kappa shape index (κ3) is 6.25. The molecule has 0 fully saturated rings. The summed E-state index contributed by atoms with van der Waals surface area (Å²) in [5, 5.41) is 5.30. The average Bonchev–Trinajstić information content (AvgIpc) is 2.59. The van der Waals surface area contributed by atoms with Crippen LogP contribution in [0.15, 0.2) is 48.5 Å². The molecule has 0 aliphatic heterocycles. The van der Waals surface area contributed by atoms with Crippen molar-refractivity contribution in [2.24, 2.45) is 0 Å². The van der Waals surface area contributed by atoms with Crippen LogP contribution < -0.4 is 20.1 Å². The number of rotatable bonds is 6. The molecule has 8 heteroatoms. The van der Waals surface area contributed by atoms with Crippen LogP contribution in [0.4, 0.5) is 23.7 Å². The topological polar surface area (TPSA) is 59.6 Å². The predicted octanol–water partition coefficient (Wildman–Crippen LogP) is 3.96. The van der Waals surface area contributed by atoms with Gasteiger partial charge in [0.05, 0.1) is 12.8 Å². The van der Waals surface area contributed by atoms with Crippen LogP contribution in [0, 0.1) is 0 Å². The highest BCUT2D eigenvalue weighted by Gasteiger charge is 2.28. The van der Waals surface area contributed by atoms with Crippen LogP contribution in [0.2, 0.25) is 0 Å². The number of nitrogens with one attached hydrogen (secondary N) is 2. The minimum absolute atomic E-state index is 0.111. The Morgan fingerprint density at radius 2 is 1.76 bits per heavy atom.